The molecule has 2 saturated carbocycles. The average molecular weight is 249 g/mol. The van der Waals surface area contributed by atoms with Crippen molar-refractivity contribution in [3.8, 4) is 0 Å². The number of Topliss-reactive ketones (excluding diaryl/α,β-unsaturated/α-hetero) is 1. The molecule has 0 bridgehead atoms. The third-order valence-electron chi connectivity index (χ3n) is 3.91. The maximum atomic E-state index is 11.7. The summed E-state index contributed by atoms with van der Waals surface area (Å²) in [5, 5.41) is 1.25. The van der Waals surface area contributed by atoms with E-state index in [2.05, 4.69) is 0 Å². The molecule has 2 fully saturated rings. The van der Waals surface area contributed by atoms with E-state index in [1.165, 1.54) is 50.0 Å². The highest BCUT2D eigenvalue weighted by atomic mass is 32.1. The predicted octanol–water partition coefficient (Wildman–Crippen LogP) is 4.27. The van der Waals surface area contributed by atoms with Gasteiger partial charge in [0.15, 0.2) is 5.78 Å². The van der Waals surface area contributed by atoms with E-state index in [-0.39, 0.29) is 5.78 Å². The van der Waals surface area contributed by atoms with Gasteiger partial charge in [0, 0.05) is 18.8 Å². The first-order valence-corrected chi connectivity index (χ1v) is 7.59. The minimum atomic E-state index is 0.214. The van der Waals surface area contributed by atoms with E-state index in [0.717, 1.165) is 10.6 Å². The zero-order chi connectivity index (χ0) is 11.8. The van der Waals surface area contributed by atoms with E-state index in [1.807, 2.05) is 0 Å². The first-order chi connectivity index (χ1) is 8.25. The maximum absolute atomic E-state index is 11.7. The van der Waals surface area contributed by atoms with Crippen LogP contribution in [0.5, 0.6) is 0 Å². The van der Waals surface area contributed by atoms with Crippen LogP contribution in [0.2, 0.25) is 0 Å². The largest absolute Gasteiger partial charge is 0.294 e. The third-order valence-corrected chi connectivity index (χ3v) is 5.24. The van der Waals surface area contributed by atoms with Gasteiger partial charge in [0.2, 0.25) is 0 Å². The van der Waals surface area contributed by atoms with E-state index in [1.54, 1.807) is 18.3 Å². The molecular formula is C14H19NOS. The number of aromatic nitrogens is 1. The molecule has 3 heteroatoms. The van der Waals surface area contributed by atoms with Gasteiger partial charge in [0.25, 0.3) is 0 Å². The van der Waals surface area contributed by atoms with Gasteiger partial charge in [-0.1, -0.05) is 19.3 Å². The Morgan fingerprint density at radius 3 is 2.41 bits per heavy atom. The topological polar surface area (TPSA) is 30.0 Å². The fourth-order valence-corrected chi connectivity index (χ4v) is 3.98. The SMILES string of the molecule is CC(=O)c1sc(C2CCCCC2)nc1C1CC1. The molecule has 2 aliphatic carbocycles. The van der Waals surface area contributed by atoms with Gasteiger partial charge in [-0.05, 0) is 25.7 Å². The zero-order valence-corrected chi connectivity index (χ0v) is 11.2. The summed E-state index contributed by atoms with van der Waals surface area (Å²) in [6.45, 7) is 1.68. The number of hydrogen-bond acceptors (Lipinski definition) is 3. The lowest BCUT2D eigenvalue weighted by atomic mass is 9.90. The molecule has 1 aromatic rings. The van der Waals surface area contributed by atoms with Crippen LogP contribution in [0.15, 0.2) is 0 Å². The molecular weight excluding hydrogens is 230 g/mol. The number of hydrogen-bond donors (Lipinski definition) is 0. The lowest BCUT2D eigenvalue weighted by Crippen LogP contribution is -2.04. The Balaban J connectivity index is 1.89. The van der Waals surface area contributed by atoms with Gasteiger partial charge in [0.1, 0.15) is 0 Å². The van der Waals surface area contributed by atoms with E-state index in [4.69, 9.17) is 4.98 Å². The van der Waals surface area contributed by atoms with Crippen LogP contribution in [0.25, 0.3) is 0 Å². The molecule has 0 N–H and O–H groups in total. The number of rotatable bonds is 3. The van der Waals surface area contributed by atoms with Crippen molar-refractivity contribution in [1.29, 1.82) is 0 Å². The van der Waals surface area contributed by atoms with Crippen molar-refractivity contribution in [3.05, 3.63) is 15.6 Å². The van der Waals surface area contributed by atoms with Crippen LogP contribution in [0, 0.1) is 0 Å². The van der Waals surface area contributed by atoms with Gasteiger partial charge >= 0.3 is 0 Å². The molecule has 92 valence electrons. The van der Waals surface area contributed by atoms with Crippen molar-refractivity contribution in [2.24, 2.45) is 0 Å². The Labute approximate surface area is 106 Å². The summed E-state index contributed by atoms with van der Waals surface area (Å²) in [6, 6.07) is 0. The number of carbonyl (C=O) groups is 1. The summed E-state index contributed by atoms with van der Waals surface area (Å²) in [5.41, 5.74) is 1.13. The fourth-order valence-electron chi connectivity index (χ4n) is 2.76. The second kappa shape index (κ2) is 4.52. The smallest absolute Gasteiger partial charge is 0.171 e. The Hall–Kier alpha value is -0.700. The van der Waals surface area contributed by atoms with Crippen molar-refractivity contribution in [3.63, 3.8) is 0 Å². The summed E-state index contributed by atoms with van der Waals surface area (Å²) in [4.78, 5) is 17.4. The summed E-state index contributed by atoms with van der Waals surface area (Å²) in [7, 11) is 0. The highest BCUT2D eigenvalue weighted by molar-refractivity contribution is 7.13. The molecule has 0 amide bonds. The molecule has 1 heterocycles. The molecule has 0 radical (unpaired) electrons. The Bertz CT molecular complexity index is 427. The van der Waals surface area contributed by atoms with Gasteiger partial charge < -0.3 is 0 Å². The minimum absolute atomic E-state index is 0.214. The lowest BCUT2D eigenvalue weighted by Gasteiger charge is -2.18. The van der Waals surface area contributed by atoms with Crippen molar-refractivity contribution >= 4 is 17.1 Å². The number of thiazole rings is 1. The van der Waals surface area contributed by atoms with Crippen LogP contribution in [0.1, 0.15) is 84.1 Å². The van der Waals surface area contributed by atoms with Gasteiger partial charge in [-0.15, -0.1) is 11.3 Å². The van der Waals surface area contributed by atoms with Gasteiger partial charge in [0.05, 0.1) is 15.6 Å². The fraction of sp³-hybridized carbons (Fsp3) is 0.714. The number of nitrogens with zero attached hydrogens (tertiary/aromatic N) is 1. The van der Waals surface area contributed by atoms with E-state index >= 15 is 0 Å². The summed E-state index contributed by atoms with van der Waals surface area (Å²) < 4.78 is 0. The first-order valence-electron chi connectivity index (χ1n) is 6.77. The molecule has 0 unspecified atom stereocenters. The molecule has 0 aliphatic heterocycles. The maximum Gasteiger partial charge on any atom is 0.171 e. The quantitative estimate of drug-likeness (QED) is 0.749. The summed E-state index contributed by atoms with van der Waals surface area (Å²) in [6.07, 6.45) is 9.04. The number of ketones is 1. The van der Waals surface area contributed by atoms with Crippen molar-refractivity contribution in [2.75, 3.05) is 0 Å². The van der Waals surface area contributed by atoms with Crippen molar-refractivity contribution < 1.29 is 4.79 Å². The van der Waals surface area contributed by atoms with Gasteiger partial charge in [-0.25, -0.2) is 4.98 Å². The molecule has 0 aromatic carbocycles. The normalized spacial score (nSPS) is 21.7. The molecule has 0 saturated heterocycles. The number of carbonyl (C=O) groups excluding carboxylic acids is 1. The summed E-state index contributed by atoms with van der Waals surface area (Å²) in [5.74, 6) is 1.45. The molecule has 17 heavy (non-hydrogen) atoms. The molecule has 3 rings (SSSR count). The van der Waals surface area contributed by atoms with E-state index in [9.17, 15) is 4.79 Å². The standard InChI is InChI=1S/C14H19NOS/c1-9(16)13-12(10-7-8-10)15-14(17-13)11-5-3-2-4-6-11/h10-11H,2-8H2,1H3. The van der Waals surface area contributed by atoms with Gasteiger partial charge in [-0.2, -0.15) is 0 Å². The van der Waals surface area contributed by atoms with Crippen LogP contribution in [-0.2, 0) is 0 Å². The van der Waals surface area contributed by atoms with Crippen LogP contribution >= 0.6 is 11.3 Å². The van der Waals surface area contributed by atoms with E-state index in [0.29, 0.717) is 11.8 Å². The predicted molar refractivity (Wildman–Crippen MR) is 69.9 cm³/mol. The van der Waals surface area contributed by atoms with E-state index < -0.39 is 0 Å². The summed E-state index contributed by atoms with van der Waals surface area (Å²) >= 11 is 1.68. The molecule has 0 spiro atoms. The minimum Gasteiger partial charge on any atom is -0.294 e. The first kappa shape index (κ1) is 11.4. The third kappa shape index (κ3) is 2.30. The lowest BCUT2D eigenvalue weighted by molar-refractivity contribution is 0.102. The second-order valence-corrected chi connectivity index (χ2v) is 6.46. The highest BCUT2D eigenvalue weighted by Crippen LogP contribution is 2.45. The van der Waals surface area contributed by atoms with Gasteiger partial charge in [-0.3, -0.25) is 4.79 Å². The molecule has 1 aromatic heterocycles. The molecule has 2 aliphatic rings. The van der Waals surface area contributed by atoms with Crippen LogP contribution in [0.4, 0.5) is 0 Å². The monoisotopic (exact) mass is 249 g/mol. The average Bonchev–Trinajstić information content (AvgIpc) is 3.09. The zero-order valence-electron chi connectivity index (χ0n) is 10.4. The second-order valence-electron chi connectivity index (χ2n) is 5.43. The van der Waals surface area contributed by atoms with Crippen molar-refractivity contribution in [2.45, 2.75) is 63.7 Å². The highest BCUT2D eigenvalue weighted by Gasteiger charge is 2.32. The van der Waals surface area contributed by atoms with Crippen LogP contribution < -0.4 is 0 Å². The molecule has 2 nitrogen and oxygen atoms in total. The Morgan fingerprint density at radius 2 is 1.82 bits per heavy atom. The van der Waals surface area contributed by atoms with Crippen molar-refractivity contribution in [1.82, 2.24) is 4.98 Å². The van der Waals surface area contributed by atoms with Crippen LogP contribution in [-0.4, -0.2) is 10.8 Å². The Morgan fingerprint density at radius 1 is 1.12 bits per heavy atom. The molecule has 0 atom stereocenters. The van der Waals surface area contributed by atoms with Crippen LogP contribution in [0.3, 0.4) is 0 Å². The Kier molecular flexibility index (Phi) is 3.03.